The van der Waals surface area contributed by atoms with Gasteiger partial charge in [-0.2, -0.15) is 13.2 Å². The SMILES string of the molecule is O=C(NC(F)(F)F)C1CC2Oc3cccnc3C2C1. The van der Waals surface area contributed by atoms with Gasteiger partial charge in [0.15, 0.2) is 0 Å². The van der Waals surface area contributed by atoms with Gasteiger partial charge in [0.1, 0.15) is 11.9 Å². The van der Waals surface area contributed by atoms with E-state index in [1.165, 1.54) is 0 Å². The smallest absolute Gasteiger partial charge is 0.484 e. The minimum absolute atomic E-state index is 0.0832. The molecule has 1 aliphatic carbocycles. The topological polar surface area (TPSA) is 51.2 Å². The zero-order valence-electron chi connectivity index (χ0n) is 9.78. The molecule has 0 radical (unpaired) electrons. The molecule has 0 spiro atoms. The molecule has 3 rings (SSSR count). The molecule has 2 aliphatic rings. The van der Waals surface area contributed by atoms with Crippen LogP contribution in [0.2, 0.25) is 0 Å². The second-order valence-corrected chi connectivity index (χ2v) is 4.80. The fourth-order valence-electron chi connectivity index (χ4n) is 2.82. The number of nitrogens with zero attached hydrogens (tertiary/aromatic N) is 1. The number of nitrogens with one attached hydrogen (secondary N) is 1. The van der Waals surface area contributed by atoms with Crippen molar-refractivity contribution in [2.24, 2.45) is 5.92 Å². The largest absolute Gasteiger partial charge is 0.488 e. The molecular weight excluding hydrogens is 261 g/mol. The van der Waals surface area contributed by atoms with Crippen molar-refractivity contribution in [1.82, 2.24) is 10.3 Å². The lowest BCUT2D eigenvalue weighted by Gasteiger charge is -2.14. The molecule has 1 fully saturated rings. The van der Waals surface area contributed by atoms with E-state index in [1.54, 1.807) is 18.3 Å². The minimum Gasteiger partial charge on any atom is -0.488 e. The Hall–Kier alpha value is -1.79. The van der Waals surface area contributed by atoms with Crippen LogP contribution >= 0.6 is 0 Å². The Balaban J connectivity index is 1.72. The number of rotatable bonds is 1. The summed E-state index contributed by atoms with van der Waals surface area (Å²) in [6.45, 7) is 0. The average molecular weight is 272 g/mol. The third-order valence-electron chi connectivity index (χ3n) is 3.57. The maximum absolute atomic E-state index is 12.1. The van der Waals surface area contributed by atoms with Crippen molar-refractivity contribution in [3.63, 3.8) is 0 Å². The Labute approximate surface area is 107 Å². The van der Waals surface area contributed by atoms with Crippen LogP contribution in [-0.2, 0) is 4.79 Å². The van der Waals surface area contributed by atoms with Crippen LogP contribution in [0.5, 0.6) is 5.75 Å². The van der Waals surface area contributed by atoms with Crippen LogP contribution in [0.3, 0.4) is 0 Å². The Morgan fingerprint density at radius 1 is 1.42 bits per heavy atom. The number of carbonyl (C=O) groups is 1. The molecule has 0 saturated heterocycles. The number of ether oxygens (including phenoxy) is 1. The van der Waals surface area contributed by atoms with E-state index in [2.05, 4.69) is 4.98 Å². The maximum Gasteiger partial charge on any atom is 0.484 e. The van der Waals surface area contributed by atoms with E-state index in [4.69, 9.17) is 4.74 Å². The van der Waals surface area contributed by atoms with E-state index in [0.29, 0.717) is 18.6 Å². The summed E-state index contributed by atoms with van der Waals surface area (Å²) in [6, 6.07) is 3.53. The van der Waals surface area contributed by atoms with Crippen molar-refractivity contribution in [2.75, 3.05) is 0 Å². The number of halogens is 3. The summed E-state index contributed by atoms with van der Waals surface area (Å²) in [4.78, 5) is 15.7. The molecule has 1 amide bonds. The highest BCUT2D eigenvalue weighted by Crippen LogP contribution is 2.48. The predicted molar refractivity (Wildman–Crippen MR) is 58.3 cm³/mol. The summed E-state index contributed by atoms with van der Waals surface area (Å²) in [5, 5.41) is 1.06. The normalized spacial score (nSPS) is 28.5. The number of hydrogen-bond acceptors (Lipinski definition) is 3. The van der Waals surface area contributed by atoms with Gasteiger partial charge >= 0.3 is 6.30 Å². The third kappa shape index (κ3) is 2.24. The van der Waals surface area contributed by atoms with Gasteiger partial charge in [0.25, 0.3) is 0 Å². The molecule has 7 heteroatoms. The van der Waals surface area contributed by atoms with Crippen LogP contribution in [0.15, 0.2) is 18.3 Å². The monoisotopic (exact) mass is 272 g/mol. The quantitative estimate of drug-likeness (QED) is 0.795. The van der Waals surface area contributed by atoms with Gasteiger partial charge in [0, 0.05) is 18.0 Å². The molecule has 4 nitrogen and oxygen atoms in total. The molecular formula is C12H11F3N2O2. The van der Waals surface area contributed by atoms with Crippen molar-refractivity contribution in [2.45, 2.75) is 31.2 Å². The second kappa shape index (κ2) is 4.11. The van der Waals surface area contributed by atoms with E-state index in [0.717, 1.165) is 11.0 Å². The predicted octanol–water partition coefficient (Wildman–Crippen LogP) is 1.97. The van der Waals surface area contributed by atoms with Gasteiger partial charge in [0.2, 0.25) is 5.91 Å². The first-order chi connectivity index (χ1) is 8.94. The summed E-state index contributed by atoms with van der Waals surface area (Å²) >= 11 is 0. The number of hydrogen-bond donors (Lipinski definition) is 1. The van der Waals surface area contributed by atoms with Crippen LogP contribution in [0.4, 0.5) is 13.2 Å². The first-order valence-corrected chi connectivity index (χ1v) is 5.94. The van der Waals surface area contributed by atoms with Crippen LogP contribution in [0.25, 0.3) is 0 Å². The lowest BCUT2D eigenvalue weighted by molar-refractivity contribution is -0.172. The molecule has 1 aliphatic heterocycles. The zero-order valence-corrected chi connectivity index (χ0v) is 9.78. The van der Waals surface area contributed by atoms with E-state index in [1.807, 2.05) is 0 Å². The summed E-state index contributed by atoms with van der Waals surface area (Å²) < 4.78 is 42.0. The highest BCUT2D eigenvalue weighted by molar-refractivity contribution is 5.79. The Kier molecular flexibility index (Phi) is 2.65. The molecule has 2 heterocycles. The number of aromatic nitrogens is 1. The van der Waals surface area contributed by atoms with Crippen LogP contribution in [0, 0.1) is 5.92 Å². The Morgan fingerprint density at radius 3 is 2.95 bits per heavy atom. The van der Waals surface area contributed by atoms with E-state index >= 15 is 0 Å². The molecule has 1 aromatic rings. The van der Waals surface area contributed by atoms with Crippen LogP contribution in [0.1, 0.15) is 24.5 Å². The summed E-state index contributed by atoms with van der Waals surface area (Å²) in [5.41, 5.74) is 0.745. The fourth-order valence-corrected chi connectivity index (χ4v) is 2.82. The van der Waals surface area contributed by atoms with Crippen molar-refractivity contribution in [1.29, 1.82) is 0 Å². The highest BCUT2D eigenvalue weighted by atomic mass is 19.4. The lowest BCUT2D eigenvalue weighted by Crippen LogP contribution is -2.40. The van der Waals surface area contributed by atoms with Gasteiger partial charge in [-0.3, -0.25) is 15.1 Å². The summed E-state index contributed by atoms with van der Waals surface area (Å²) in [7, 11) is 0. The fraction of sp³-hybridized carbons (Fsp3) is 0.500. The lowest BCUT2D eigenvalue weighted by atomic mass is 10.0. The van der Waals surface area contributed by atoms with Crippen LogP contribution < -0.4 is 10.1 Å². The first-order valence-electron chi connectivity index (χ1n) is 5.94. The standard InChI is InChI=1S/C12H11F3N2O2/c13-12(14,15)17-11(18)6-4-7-9(5-6)19-8-2-1-3-16-10(7)8/h1-3,6-7,9H,4-5H2,(H,17,18). The van der Waals surface area contributed by atoms with Gasteiger partial charge in [-0.25, -0.2) is 0 Å². The molecule has 3 unspecified atom stereocenters. The maximum atomic E-state index is 12.1. The number of alkyl halides is 3. The Morgan fingerprint density at radius 2 is 2.21 bits per heavy atom. The number of fused-ring (bicyclic) bond motifs is 3. The average Bonchev–Trinajstić information content (AvgIpc) is 2.83. The van der Waals surface area contributed by atoms with Crippen molar-refractivity contribution in [3.8, 4) is 5.75 Å². The van der Waals surface area contributed by atoms with Gasteiger partial charge in [-0.15, -0.1) is 0 Å². The molecule has 3 atom stereocenters. The number of carbonyl (C=O) groups excluding carboxylic acids is 1. The van der Waals surface area contributed by atoms with E-state index < -0.39 is 18.1 Å². The molecule has 0 bridgehead atoms. The molecule has 19 heavy (non-hydrogen) atoms. The van der Waals surface area contributed by atoms with Gasteiger partial charge in [0.05, 0.1) is 5.69 Å². The molecule has 1 saturated carbocycles. The van der Waals surface area contributed by atoms with Crippen molar-refractivity contribution >= 4 is 5.91 Å². The minimum atomic E-state index is -4.67. The van der Waals surface area contributed by atoms with Gasteiger partial charge in [-0.05, 0) is 25.0 Å². The van der Waals surface area contributed by atoms with E-state index in [9.17, 15) is 18.0 Å². The molecule has 102 valence electrons. The molecule has 0 aromatic carbocycles. The van der Waals surface area contributed by atoms with E-state index in [-0.39, 0.29) is 12.0 Å². The third-order valence-corrected chi connectivity index (χ3v) is 3.57. The molecule has 1 aromatic heterocycles. The number of amides is 1. The van der Waals surface area contributed by atoms with Crippen molar-refractivity contribution in [3.05, 3.63) is 24.0 Å². The second-order valence-electron chi connectivity index (χ2n) is 4.80. The summed E-state index contributed by atoms with van der Waals surface area (Å²) in [5.74, 6) is -1.07. The highest BCUT2D eigenvalue weighted by Gasteiger charge is 2.47. The number of pyridine rings is 1. The van der Waals surface area contributed by atoms with Gasteiger partial charge in [-0.1, -0.05) is 0 Å². The Bertz CT molecular complexity index is 518. The molecule has 1 N–H and O–H groups in total. The summed E-state index contributed by atoms with van der Waals surface area (Å²) in [6.07, 6.45) is -2.66. The van der Waals surface area contributed by atoms with Crippen LogP contribution in [-0.4, -0.2) is 23.3 Å². The zero-order chi connectivity index (χ0) is 13.6. The van der Waals surface area contributed by atoms with Crippen molar-refractivity contribution < 1.29 is 22.7 Å². The first kappa shape index (κ1) is 12.3. The van der Waals surface area contributed by atoms with Gasteiger partial charge < -0.3 is 4.74 Å².